The lowest BCUT2D eigenvalue weighted by Crippen LogP contribution is -2.45. The Labute approximate surface area is 148 Å². The number of likely N-dealkylation sites (tertiary alicyclic amines) is 1. The van der Waals surface area contributed by atoms with Gasteiger partial charge in [-0.3, -0.25) is 9.59 Å². The quantitative estimate of drug-likeness (QED) is 0.885. The van der Waals surface area contributed by atoms with Crippen molar-refractivity contribution in [1.82, 2.24) is 4.90 Å². The Morgan fingerprint density at radius 1 is 1.20 bits per heavy atom. The number of nitrogens with one attached hydrogen (secondary N) is 1. The van der Waals surface area contributed by atoms with Gasteiger partial charge in [-0.2, -0.15) is 0 Å². The van der Waals surface area contributed by atoms with Gasteiger partial charge < -0.3 is 15.3 Å². The lowest BCUT2D eigenvalue weighted by atomic mass is 9.80. The normalized spacial score (nSPS) is 28.8. The third-order valence-corrected chi connectivity index (χ3v) is 6.05. The molecule has 134 valence electrons. The minimum Gasteiger partial charge on any atom is -0.393 e. The first-order valence-electron chi connectivity index (χ1n) is 9.51. The zero-order valence-corrected chi connectivity index (χ0v) is 14.5. The maximum absolute atomic E-state index is 12.9. The molecule has 0 bridgehead atoms. The van der Waals surface area contributed by atoms with Gasteiger partial charge in [-0.05, 0) is 42.9 Å². The summed E-state index contributed by atoms with van der Waals surface area (Å²) in [5.74, 6) is 0.397. The molecule has 25 heavy (non-hydrogen) atoms. The Kier molecular flexibility index (Phi) is 4.50. The molecule has 1 saturated carbocycles. The number of anilines is 1. The highest BCUT2D eigenvalue weighted by Crippen LogP contribution is 2.35. The van der Waals surface area contributed by atoms with Crippen LogP contribution in [0.2, 0.25) is 0 Å². The lowest BCUT2D eigenvalue weighted by Gasteiger charge is -2.37. The van der Waals surface area contributed by atoms with E-state index in [-0.39, 0.29) is 29.9 Å². The first-order chi connectivity index (χ1) is 12.1. The van der Waals surface area contributed by atoms with Crippen LogP contribution >= 0.6 is 0 Å². The first-order valence-corrected chi connectivity index (χ1v) is 9.51. The highest BCUT2D eigenvalue weighted by Gasteiger charge is 2.38. The zero-order valence-electron chi connectivity index (χ0n) is 14.5. The summed E-state index contributed by atoms with van der Waals surface area (Å²) < 4.78 is 0. The van der Waals surface area contributed by atoms with Crippen molar-refractivity contribution in [2.24, 2.45) is 5.92 Å². The summed E-state index contributed by atoms with van der Waals surface area (Å²) in [4.78, 5) is 26.4. The molecule has 1 saturated heterocycles. The second kappa shape index (κ2) is 6.79. The van der Waals surface area contributed by atoms with Gasteiger partial charge in [-0.15, -0.1) is 0 Å². The standard InChI is InChI=1S/C20H26N2O3/c23-18-6-2-1-4-15(18)17-5-3-9-22(17)20(25)11-13-7-8-14-12-19(24)21-16(14)10-13/h7-8,10,15,17-18,23H,1-6,9,11-12H2,(H,21,24)/t15-,17+,18+/m0/s1. The van der Waals surface area contributed by atoms with E-state index in [4.69, 9.17) is 0 Å². The molecule has 1 aromatic carbocycles. The van der Waals surface area contributed by atoms with Gasteiger partial charge in [0.05, 0.1) is 18.9 Å². The number of aliphatic hydroxyl groups is 1. The third kappa shape index (κ3) is 3.30. The molecule has 2 aliphatic heterocycles. The van der Waals surface area contributed by atoms with E-state index < -0.39 is 0 Å². The van der Waals surface area contributed by atoms with E-state index in [0.717, 1.165) is 61.9 Å². The molecule has 0 aromatic heterocycles. The van der Waals surface area contributed by atoms with Crippen molar-refractivity contribution in [2.75, 3.05) is 11.9 Å². The van der Waals surface area contributed by atoms with Crippen LogP contribution in [-0.4, -0.2) is 40.5 Å². The number of hydrogen-bond donors (Lipinski definition) is 2. The number of carbonyl (C=O) groups excluding carboxylic acids is 2. The van der Waals surface area contributed by atoms with E-state index in [1.807, 2.05) is 23.1 Å². The van der Waals surface area contributed by atoms with E-state index >= 15 is 0 Å². The Balaban J connectivity index is 1.45. The monoisotopic (exact) mass is 342 g/mol. The Hall–Kier alpha value is -1.88. The van der Waals surface area contributed by atoms with E-state index in [0.29, 0.717) is 12.8 Å². The maximum Gasteiger partial charge on any atom is 0.228 e. The van der Waals surface area contributed by atoms with Crippen molar-refractivity contribution in [3.8, 4) is 0 Å². The number of amides is 2. The number of hydrogen-bond acceptors (Lipinski definition) is 3. The van der Waals surface area contributed by atoms with Crippen molar-refractivity contribution >= 4 is 17.5 Å². The fourth-order valence-corrected chi connectivity index (χ4v) is 4.78. The molecule has 0 unspecified atom stereocenters. The van der Waals surface area contributed by atoms with Crippen LogP contribution in [0.15, 0.2) is 18.2 Å². The van der Waals surface area contributed by atoms with Gasteiger partial charge in [0.25, 0.3) is 0 Å². The Bertz CT molecular complexity index is 688. The van der Waals surface area contributed by atoms with Gasteiger partial charge in [0.1, 0.15) is 0 Å². The van der Waals surface area contributed by atoms with Crippen LogP contribution in [0.3, 0.4) is 0 Å². The van der Waals surface area contributed by atoms with Crippen LogP contribution in [0.25, 0.3) is 0 Å². The molecule has 0 radical (unpaired) electrons. The fraction of sp³-hybridized carbons (Fsp3) is 0.600. The Morgan fingerprint density at radius 2 is 2.04 bits per heavy atom. The molecular weight excluding hydrogens is 316 g/mol. The first kappa shape index (κ1) is 16.6. The predicted octanol–water partition coefficient (Wildman–Crippen LogP) is 2.27. The largest absolute Gasteiger partial charge is 0.393 e. The average Bonchev–Trinajstić information content (AvgIpc) is 3.20. The lowest BCUT2D eigenvalue weighted by molar-refractivity contribution is -0.133. The summed E-state index contributed by atoms with van der Waals surface area (Å²) in [5.41, 5.74) is 2.79. The second-order valence-corrected chi connectivity index (χ2v) is 7.71. The van der Waals surface area contributed by atoms with Crippen LogP contribution in [0, 0.1) is 5.92 Å². The molecule has 3 atom stereocenters. The summed E-state index contributed by atoms with van der Waals surface area (Å²) in [5, 5.41) is 13.2. The predicted molar refractivity (Wildman–Crippen MR) is 95.2 cm³/mol. The van der Waals surface area contributed by atoms with Crippen molar-refractivity contribution in [3.63, 3.8) is 0 Å². The molecule has 1 aromatic rings. The number of rotatable bonds is 3. The highest BCUT2D eigenvalue weighted by atomic mass is 16.3. The van der Waals surface area contributed by atoms with Gasteiger partial charge in [-0.1, -0.05) is 25.0 Å². The summed E-state index contributed by atoms with van der Waals surface area (Å²) in [6.45, 7) is 0.800. The summed E-state index contributed by atoms with van der Waals surface area (Å²) >= 11 is 0. The number of benzene rings is 1. The molecule has 2 heterocycles. The zero-order chi connectivity index (χ0) is 17.4. The Morgan fingerprint density at radius 3 is 2.88 bits per heavy atom. The molecular formula is C20H26N2O3. The highest BCUT2D eigenvalue weighted by molar-refractivity contribution is 5.99. The van der Waals surface area contributed by atoms with E-state index in [9.17, 15) is 14.7 Å². The minimum atomic E-state index is -0.262. The van der Waals surface area contributed by atoms with Gasteiger partial charge >= 0.3 is 0 Å². The molecule has 1 aliphatic carbocycles. The number of carbonyl (C=O) groups is 2. The number of fused-ring (bicyclic) bond motifs is 1. The van der Waals surface area contributed by atoms with Crippen molar-refractivity contribution in [1.29, 1.82) is 0 Å². The van der Waals surface area contributed by atoms with E-state index in [1.54, 1.807) is 0 Å². The van der Waals surface area contributed by atoms with Crippen molar-refractivity contribution in [2.45, 2.75) is 63.5 Å². The second-order valence-electron chi connectivity index (χ2n) is 7.71. The van der Waals surface area contributed by atoms with Crippen LogP contribution in [-0.2, 0) is 22.4 Å². The topological polar surface area (TPSA) is 69.6 Å². The van der Waals surface area contributed by atoms with Crippen molar-refractivity contribution < 1.29 is 14.7 Å². The van der Waals surface area contributed by atoms with Gasteiger partial charge in [0.2, 0.25) is 11.8 Å². The minimum absolute atomic E-state index is 0.0179. The molecule has 2 fully saturated rings. The fourth-order valence-electron chi connectivity index (χ4n) is 4.78. The van der Waals surface area contributed by atoms with Crippen LogP contribution in [0.1, 0.15) is 49.7 Å². The third-order valence-electron chi connectivity index (χ3n) is 6.05. The maximum atomic E-state index is 12.9. The van der Waals surface area contributed by atoms with Gasteiger partial charge in [0.15, 0.2) is 0 Å². The molecule has 3 aliphatic rings. The van der Waals surface area contributed by atoms with Crippen LogP contribution < -0.4 is 5.32 Å². The van der Waals surface area contributed by atoms with Gasteiger partial charge in [-0.25, -0.2) is 0 Å². The SMILES string of the molecule is O=C1Cc2ccc(CC(=O)N3CCC[C@@H]3[C@@H]3CCCC[C@H]3O)cc2N1. The summed E-state index contributed by atoms with van der Waals surface area (Å²) in [7, 11) is 0. The van der Waals surface area contributed by atoms with Crippen LogP contribution in [0.5, 0.6) is 0 Å². The van der Waals surface area contributed by atoms with Gasteiger partial charge in [0, 0.05) is 24.2 Å². The van der Waals surface area contributed by atoms with E-state index in [1.165, 1.54) is 0 Å². The van der Waals surface area contributed by atoms with E-state index in [2.05, 4.69) is 5.32 Å². The summed E-state index contributed by atoms with van der Waals surface area (Å²) in [6.07, 6.45) is 6.72. The molecule has 5 heteroatoms. The number of nitrogens with zero attached hydrogens (tertiary/aromatic N) is 1. The number of aliphatic hydroxyl groups excluding tert-OH is 1. The molecule has 2 N–H and O–H groups in total. The molecule has 5 nitrogen and oxygen atoms in total. The summed E-state index contributed by atoms with van der Waals surface area (Å²) in [6, 6.07) is 6.02. The van der Waals surface area contributed by atoms with Crippen molar-refractivity contribution in [3.05, 3.63) is 29.3 Å². The smallest absolute Gasteiger partial charge is 0.228 e. The average molecular weight is 342 g/mol. The van der Waals surface area contributed by atoms with Crippen LogP contribution in [0.4, 0.5) is 5.69 Å². The molecule has 0 spiro atoms. The molecule has 4 rings (SSSR count). The molecule has 2 amide bonds.